The van der Waals surface area contributed by atoms with E-state index in [1.54, 1.807) is 0 Å². The van der Waals surface area contributed by atoms with Gasteiger partial charge in [-0.25, -0.2) is 8.18 Å². The van der Waals surface area contributed by atoms with Crippen LogP contribution in [-0.2, 0) is 8.18 Å². The van der Waals surface area contributed by atoms with Crippen molar-refractivity contribution in [2.75, 3.05) is 5.88 Å². The highest BCUT2D eigenvalue weighted by molar-refractivity contribution is 9.06. The van der Waals surface area contributed by atoms with Gasteiger partial charge in [0.1, 0.15) is 16.3 Å². The van der Waals surface area contributed by atoms with Gasteiger partial charge in [0.2, 0.25) is 0 Å². The molecule has 0 aromatic rings. The second-order valence-corrected chi connectivity index (χ2v) is 4.32. The van der Waals surface area contributed by atoms with Crippen LogP contribution in [0.25, 0.3) is 0 Å². The van der Waals surface area contributed by atoms with Crippen molar-refractivity contribution in [3.63, 3.8) is 0 Å². The predicted octanol–water partition coefficient (Wildman–Crippen LogP) is 2.82. The third-order valence-electron chi connectivity index (χ3n) is 0.827. The average molecular weight is 283 g/mol. The second kappa shape index (κ2) is 9.96. The van der Waals surface area contributed by atoms with Gasteiger partial charge >= 0.3 is 7.82 Å². The molecule has 0 bridgehead atoms. The van der Waals surface area contributed by atoms with Gasteiger partial charge in [0.05, 0.1) is 0 Å². The van der Waals surface area contributed by atoms with Gasteiger partial charge in [-0.05, 0) is 6.42 Å². The van der Waals surface area contributed by atoms with Gasteiger partial charge in [0.15, 0.2) is 0 Å². The van der Waals surface area contributed by atoms with Crippen LogP contribution >= 0.6 is 35.7 Å². The van der Waals surface area contributed by atoms with Gasteiger partial charge in [0, 0.05) is 5.88 Å². The maximum absolute atomic E-state index is 9.43. The molecule has 76 valence electrons. The standard InChI is InChI=1S/C5H11Cl.BrH2O4P/c1-2-3-4-5-6;1-5-6(2,3)4/h2-5H2,1H3;(H2,2,3,4). The van der Waals surface area contributed by atoms with Crippen molar-refractivity contribution in [3.8, 4) is 0 Å². The fraction of sp³-hybridized carbons (Fsp3) is 1.00. The topological polar surface area (TPSA) is 66.8 Å². The summed E-state index contributed by atoms with van der Waals surface area (Å²) in [5.74, 6) is 0.827. The molecule has 0 saturated carbocycles. The van der Waals surface area contributed by atoms with E-state index in [2.05, 4.69) is 26.8 Å². The van der Waals surface area contributed by atoms with Crippen LogP contribution in [0.4, 0.5) is 0 Å². The minimum Gasteiger partial charge on any atom is -0.302 e. The summed E-state index contributed by atoms with van der Waals surface area (Å²) in [6.45, 7) is 2.17. The van der Waals surface area contributed by atoms with Crippen molar-refractivity contribution in [3.05, 3.63) is 0 Å². The smallest absolute Gasteiger partial charge is 0.302 e. The Morgan fingerprint density at radius 2 is 1.92 bits per heavy atom. The van der Waals surface area contributed by atoms with E-state index < -0.39 is 7.82 Å². The molecule has 4 nitrogen and oxygen atoms in total. The third-order valence-corrected chi connectivity index (χ3v) is 2.41. The zero-order chi connectivity index (χ0) is 10.0. The molecule has 0 rings (SSSR count). The first-order valence-corrected chi connectivity index (χ1v) is 6.11. The lowest BCUT2D eigenvalue weighted by Gasteiger charge is -1.90. The van der Waals surface area contributed by atoms with Crippen LogP contribution in [-0.4, -0.2) is 15.7 Å². The van der Waals surface area contributed by atoms with Crippen LogP contribution in [0.2, 0.25) is 0 Å². The summed E-state index contributed by atoms with van der Waals surface area (Å²) in [5.41, 5.74) is 0. The van der Waals surface area contributed by atoms with E-state index in [9.17, 15) is 4.57 Å². The van der Waals surface area contributed by atoms with Gasteiger partial charge in [-0.3, -0.25) is 0 Å². The van der Waals surface area contributed by atoms with E-state index >= 15 is 0 Å². The Labute approximate surface area is 86.0 Å². The van der Waals surface area contributed by atoms with Crippen LogP contribution in [0.1, 0.15) is 26.2 Å². The molecule has 0 fully saturated rings. The molecule has 0 unspecified atom stereocenters. The van der Waals surface area contributed by atoms with E-state index in [1.807, 2.05) is 0 Å². The van der Waals surface area contributed by atoms with Gasteiger partial charge in [0.25, 0.3) is 0 Å². The van der Waals surface area contributed by atoms with Gasteiger partial charge < -0.3 is 9.79 Å². The Morgan fingerprint density at radius 3 is 2.00 bits per heavy atom. The lowest BCUT2D eigenvalue weighted by molar-refractivity contribution is 0.304. The molecule has 0 amide bonds. The Morgan fingerprint density at radius 1 is 1.50 bits per heavy atom. The molecule has 0 aromatic carbocycles. The summed E-state index contributed by atoms with van der Waals surface area (Å²) >= 11 is 7.49. The molecule has 2 N–H and O–H groups in total. The van der Waals surface area contributed by atoms with Crippen LogP contribution in [0.3, 0.4) is 0 Å². The van der Waals surface area contributed by atoms with Crippen LogP contribution in [0, 0.1) is 0 Å². The Kier molecular flexibility index (Phi) is 12.8. The van der Waals surface area contributed by atoms with E-state index in [0.717, 1.165) is 5.88 Å². The van der Waals surface area contributed by atoms with Crippen molar-refractivity contribution in [2.45, 2.75) is 26.2 Å². The molecule has 0 aliphatic heterocycles. The normalized spacial score (nSPS) is 10.4. The number of rotatable bonds is 4. The third kappa shape index (κ3) is 22.4. The molecule has 0 aliphatic rings. The van der Waals surface area contributed by atoms with E-state index in [4.69, 9.17) is 21.4 Å². The Balaban J connectivity index is 0. The van der Waals surface area contributed by atoms with Crippen molar-refractivity contribution >= 4 is 35.7 Å². The number of phosphoric acid groups is 1. The van der Waals surface area contributed by atoms with Crippen molar-refractivity contribution in [1.82, 2.24) is 0 Å². The fourth-order valence-corrected chi connectivity index (χ4v) is 0.533. The number of unbranched alkanes of at least 4 members (excludes halogenated alkanes) is 2. The Bertz CT molecular complexity index is 125. The molecule has 0 heterocycles. The zero-order valence-corrected chi connectivity index (χ0v) is 9.98. The number of hydrogen-bond donors (Lipinski definition) is 2. The molecule has 0 saturated heterocycles. The largest absolute Gasteiger partial charge is 0.480 e. The van der Waals surface area contributed by atoms with E-state index in [-0.39, 0.29) is 0 Å². The van der Waals surface area contributed by atoms with Crippen LogP contribution in [0.15, 0.2) is 0 Å². The van der Waals surface area contributed by atoms with Crippen molar-refractivity contribution in [1.29, 1.82) is 0 Å². The van der Waals surface area contributed by atoms with Crippen molar-refractivity contribution in [2.24, 2.45) is 0 Å². The quantitative estimate of drug-likeness (QED) is 0.473. The highest BCUT2D eigenvalue weighted by Gasteiger charge is 2.09. The highest BCUT2D eigenvalue weighted by Crippen LogP contribution is 2.37. The molecule has 12 heavy (non-hydrogen) atoms. The fourth-order valence-electron chi connectivity index (χ4n) is 0.344. The first kappa shape index (κ1) is 15.4. The maximum atomic E-state index is 9.43. The first-order chi connectivity index (χ1) is 5.47. The van der Waals surface area contributed by atoms with Gasteiger partial charge in [-0.1, -0.05) is 19.8 Å². The van der Waals surface area contributed by atoms with Crippen LogP contribution < -0.4 is 0 Å². The van der Waals surface area contributed by atoms with Gasteiger partial charge in [-0.2, -0.15) is 0 Å². The van der Waals surface area contributed by atoms with Crippen molar-refractivity contribution < 1.29 is 18.0 Å². The molecule has 0 spiro atoms. The summed E-state index contributed by atoms with van der Waals surface area (Å²) in [6.07, 6.45) is 3.73. The molecule has 0 radical (unpaired) electrons. The summed E-state index contributed by atoms with van der Waals surface area (Å²) in [7, 11) is -4.23. The monoisotopic (exact) mass is 282 g/mol. The summed E-state index contributed by atoms with van der Waals surface area (Å²) in [5, 5.41) is 0. The molecular weight excluding hydrogens is 270 g/mol. The predicted molar refractivity (Wildman–Crippen MR) is 52.3 cm³/mol. The number of alkyl halides is 1. The lowest BCUT2D eigenvalue weighted by Crippen LogP contribution is -1.70. The maximum Gasteiger partial charge on any atom is 0.480 e. The van der Waals surface area contributed by atoms with E-state index in [0.29, 0.717) is 0 Å². The Hall–Kier alpha value is 0.880. The highest BCUT2D eigenvalue weighted by atomic mass is 79.9. The molecule has 7 heteroatoms. The number of hydrogen-bond acceptors (Lipinski definition) is 2. The minimum atomic E-state index is -4.23. The SMILES string of the molecule is CCCCCCl.O=P(O)(O)OBr. The summed E-state index contributed by atoms with van der Waals surface area (Å²) in [4.78, 5) is 15.3. The molecule has 0 aromatic heterocycles. The van der Waals surface area contributed by atoms with Gasteiger partial charge in [-0.15, -0.1) is 11.6 Å². The number of halogens is 2. The molecule has 0 aliphatic carbocycles. The second-order valence-electron chi connectivity index (χ2n) is 1.96. The van der Waals surface area contributed by atoms with E-state index in [1.165, 1.54) is 19.3 Å². The van der Waals surface area contributed by atoms with Crippen LogP contribution in [0.5, 0.6) is 0 Å². The summed E-state index contributed by atoms with van der Waals surface area (Å²) in [6, 6.07) is 0. The first-order valence-electron chi connectivity index (χ1n) is 3.39. The molecule has 0 atom stereocenters. The zero-order valence-electron chi connectivity index (χ0n) is 6.74. The lowest BCUT2D eigenvalue weighted by atomic mass is 10.3. The summed E-state index contributed by atoms with van der Waals surface area (Å²) < 4.78 is 12.8. The molecular formula is C5H13BrClO4P. The minimum absolute atomic E-state index is 0.827. The average Bonchev–Trinajstić information content (AvgIpc) is 2.01.